The van der Waals surface area contributed by atoms with E-state index in [4.69, 9.17) is 36.1 Å². The standard InChI is InChI=1S/C17H22ClNOS.C2H2O4/c1-17(2,3)20-16-9-8-14(21-16)10-11-19-12-13-6-4-5-7-15(13)18;3-1(4)2(5)6/h4-9,19H,10-12H2,1-3H3;(H,3,4)(H,5,6). The number of carboxylic acid groups (broad SMARTS) is 2. The number of benzene rings is 1. The Morgan fingerprint density at radius 2 is 1.74 bits per heavy atom. The molecule has 0 aliphatic rings. The zero-order valence-electron chi connectivity index (χ0n) is 15.5. The maximum Gasteiger partial charge on any atom is 0.414 e. The summed E-state index contributed by atoms with van der Waals surface area (Å²) in [4.78, 5) is 19.5. The van der Waals surface area contributed by atoms with Crippen LogP contribution in [0, 0.1) is 0 Å². The topological polar surface area (TPSA) is 95.9 Å². The Hall–Kier alpha value is -2.09. The Morgan fingerprint density at radius 3 is 2.30 bits per heavy atom. The van der Waals surface area contributed by atoms with Crippen molar-refractivity contribution in [3.8, 4) is 5.06 Å². The van der Waals surface area contributed by atoms with Gasteiger partial charge in [-0.15, -0.1) is 11.3 Å². The molecule has 1 aromatic carbocycles. The molecule has 2 aromatic rings. The lowest BCUT2D eigenvalue weighted by molar-refractivity contribution is -0.159. The van der Waals surface area contributed by atoms with Gasteiger partial charge in [-0.2, -0.15) is 0 Å². The van der Waals surface area contributed by atoms with Crippen molar-refractivity contribution in [2.75, 3.05) is 6.54 Å². The fourth-order valence-electron chi connectivity index (χ4n) is 1.93. The van der Waals surface area contributed by atoms with Crippen molar-refractivity contribution in [2.24, 2.45) is 0 Å². The number of nitrogens with one attached hydrogen (secondary N) is 1. The number of hydrogen-bond donors (Lipinski definition) is 3. The van der Waals surface area contributed by atoms with Crippen LogP contribution in [0.1, 0.15) is 31.2 Å². The normalized spacial score (nSPS) is 10.7. The molecule has 1 aromatic heterocycles. The summed E-state index contributed by atoms with van der Waals surface area (Å²) < 4.78 is 5.85. The van der Waals surface area contributed by atoms with E-state index in [1.165, 1.54) is 4.88 Å². The van der Waals surface area contributed by atoms with E-state index in [9.17, 15) is 0 Å². The van der Waals surface area contributed by atoms with Crippen molar-refractivity contribution in [3.05, 3.63) is 51.9 Å². The number of carboxylic acids is 2. The molecule has 0 radical (unpaired) electrons. The minimum Gasteiger partial charge on any atom is -0.479 e. The van der Waals surface area contributed by atoms with Crippen molar-refractivity contribution >= 4 is 34.9 Å². The maximum atomic E-state index is 9.10. The van der Waals surface area contributed by atoms with Gasteiger partial charge in [0.25, 0.3) is 0 Å². The fourth-order valence-corrected chi connectivity index (χ4v) is 3.15. The third-order valence-electron chi connectivity index (χ3n) is 3.05. The number of rotatable bonds is 6. The van der Waals surface area contributed by atoms with Crippen LogP contribution < -0.4 is 10.1 Å². The summed E-state index contributed by atoms with van der Waals surface area (Å²) in [5, 5.41) is 20.0. The third-order valence-corrected chi connectivity index (χ3v) is 4.44. The second kappa shape index (κ2) is 10.9. The lowest BCUT2D eigenvalue weighted by Crippen LogP contribution is -2.22. The lowest BCUT2D eigenvalue weighted by Gasteiger charge is -2.19. The Bertz CT molecular complexity index is 743. The van der Waals surface area contributed by atoms with E-state index in [2.05, 4.69) is 44.3 Å². The van der Waals surface area contributed by atoms with Crippen molar-refractivity contribution < 1.29 is 24.5 Å². The van der Waals surface area contributed by atoms with Gasteiger partial charge in [0.1, 0.15) is 5.60 Å². The van der Waals surface area contributed by atoms with E-state index in [1.54, 1.807) is 11.3 Å². The molecule has 0 aliphatic heterocycles. The molecule has 0 fully saturated rings. The van der Waals surface area contributed by atoms with Crippen molar-refractivity contribution in [3.63, 3.8) is 0 Å². The molecule has 0 unspecified atom stereocenters. The zero-order valence-corrected chi connectivity index (χ0v) is 17.1. The quantitative estimate of drug-likeness (QED) is 0.488. The van der Waals surface area contributed by atoms with Crippen LogP contribution in [0.2, 0.25) is 5.02 Å². The highest BCUT2D eigenvalue weighted by atomic mass is 35.5. The lowest BCUT2D eigenvalue weighted by atomic mass is 10.2. The van der Waals surface area contributed by atoms with E-state index in [-0.39, 0.29) is 5.60 Å². The Labute approximate surface area is 167 Å². The molecule has 8 heteroatoms. The number of aliphatic carboxylic acids is 2. The van der Waals surface area contributed by atoms with Crippen LogP contribution in [0.15, 0.2) is 36.4 Å². The Kier molecular flexibility index (Phi) is 9.28. The average Bonchev–Trinajstić information content (AvgIpc) is 2.99. The maximum absolute atomic E-state index is 9.10. The monoisotopic (exact) mass is 413 g/mol. The van der Waals surface area contributed by atoms with Crippen LogP contribution in [-0.2, 0) is 22.6 Å². The number of ether oxygens (including phenoxy) is 1. The molecule has 0 spiro atoms. The average molecular weight is 414 g/mol. The predicted octanol–water partition coefficient (Wildman–Crippen LogP) is 4.07. The van der Waals surface area contributed by atoms with Gasteiger partial charge in [-0.25, -0.2) is 9.59 Å². The van der Waals surface area contributed by atoms with Crippen LogP contribution >= 0.6 is 22.9 Å². The molecular weight excluding hydrogens is 390 g/mol. The highest BCUT2D eigenvalue weighted by molar-refractivity contribution is 7.13. The highest BCUT2D eigenvalue weighted by Gasteiger charge is 2.13. The molecule has 27 heavy (non-hydrogen) atoms. The largest absolute Gasteiger partial charge is 0.479 e. The molecule has 1 heterocycles. The van der Waals surface area contributed by atoms with Gasteiger partial charge in [0, 0.05) is 23.0 Å². The summed E-state index contributed by atoms with van der Waals surface area (Å²) in [6.07, 6.45) is 1.00. The first kappa shape index (κ1) is 23.0. The second-order valence-corrected chi connectivity index (χ2v) is 8.10. The molecule has 0 bridgehead atoms. The third kappa shape index (κ3) is 9.98. The zero-order chi connectivity index (χ0) is 20.4. The first-order valence-corrected chi connectivity index (χ1v) is 9.46. The van der Waals surface area contributed by atoms with Gasteiger partial charge in [-0.05, 0) is 51.0 Å². The fraction of sp³-hybridized carbons (Fsp3) is 0.368. The van der Waals surface area contributed by atoms with E-state index >= 15 is 0 Å². The van der Waals surface area contributed by atoms with Crippen molar-refractivity contribution in [2.45, 2.75) is 39.3 Å². The molecule has 0 saturated carbocycles. The van der Waals surface area contributed by atoms with Crippen LogP contribution in [0.4, 0.5) is 0 Å². The summed E-state index contributed by atoms with van der Waals surface area (Å²) in [5.74, 6) is -3.65. The summed E-state index contributed by atoms with van der Waals surface area (Å²) in [5.41, 5.74) is 1.01. The van der Waals surface area contributed by atoms with Crippen LogP contribution in [-0.4, -0.2) is 34.3 Å². The molecule has 148 valence electrons. The summed E-state index contributed by atoms with van der Waals surface area (Å²) in [6.45, 7) is 7.93. The molecule has 3 N–H and O–H groups in total. The van der Waals surface area contributed by atoms with Gasteiger partial charge < -0.3 is 20.3 Å². The highest BCUT2D eigenvalue weighted by Crippen LogP contribution is 2.28. The number of hydrogen-bond acceptors (Lipinski definition) is 5. The molecule has 0 aliphatic carbocycles. The summed E-state index contributed by atoms with van der Waals surface area (Å²) >= 11 is 7.85. The smallest absolute Gasteiger partial charge is 0.414 e. The molecule has 0 amide bonds. The van der Waals surface area contributed by atoms with Crippen LogP contribution in [0.5, 0.6) is 5.06 Å². The van der Waals surface area contributed by atoms with Gasteiger partial charge in [-0.3, -0.25) is 0 Å². The van der Waals surface area contributed by atoms with Crippen LogP contribution in [0.25, 0.3) is 0 Å². The van der Waals surface area contributed by atoms with Crippen LogP contribution in [0.3, 0.4) is 0 Å². The van der Waals surface area contributed by atoms with Crippen molar-refractivity contribution in [1.82, 2.24) is 5.32 Å². The number of carbonyl (C=O) groups is 2. The first-order valence-electron chi connectivity index (χ1n) is 8.26. The first-order chi connectivity index (χ1) is 12.6. The molecule has 0 atom stereocenters. The van der Waals surface area contributed by atoms with Crippen molar-refractivity contribution in [1.29, 1.82) is 0 Å². The predicted molar refractivity (Wildman–Crippen MR) is 107 cm³/mol. The van der Waals surface area contributed by atoms with Gasteiger partial charge >= 0.3 is 11.9 Å². The molecule has 0 saturated heterocycles. The number of thiophene rings is 1. The van der Waals surface area contributed by atoms with E-state index in [1.807, 2.05) is 18.2 Å². The van der Waals surface area contributed by atoms with E-state index in [0.29, 0.717) is 0 Å². The van der Waals surface area contributed by atoms with Gasteiger partial charge in [-0.1, -0.05) is 29.8 Å². The minimum absolute atomic E-state index is 0.134. The molecule has 2 rings (SSSR count). The SMILES string of the molecule is CC(C)(C)Oc1ccc(CCNCc2ccccc2Cl)s1.O=C(O)C(=O)O. The molecule has 6 nitrogen and oxygen atoms in total. The summed E-state index contributed by atoms with van der Waals surface area (Å²) in [6, 6.07) is 12.1. The van der Waals surface area contributed by atoms with Gasteiger partial charge in [0.05, 0.1) is 0 Å². The van der Waals surface area contributed by atoms with Gasteiger partial charge in [0.15, 0.2) is 5.06 Å². The van der Waals surface area contributed by atoms with Gasteiger partial charge in [0.2, 0.25) is 0 Å². The van der Waals surface area contributed by atoms with E-state index in [0.717, 1.165) is 35.2 Å². The Morgan fingerprint density at radius 1 is 1.11 bits per heavy atom. The summed E-state index contributed by atoms with van der Waals surface area (Å²) in [7, 11) is 0. The van der Waals surface area contributed by atoms with E-state index < -0.39 is 11.9 Å². The number of halogens is 1. The Balaban J connectivity index is 0.000000527. The second-order valence-electron chi connectivity index (χ2n) is 6.56. The minimum atomic E-state index is -1.82. The molecular formula is C19H24ClNO5S.